The van der Waals surface area contributed by atoms with Crippen LogP contribution < -0.4 is 5.73 Å². The molecule has 0 aliphatic carbocycles. The minimum absolute atomic E-state index is 0.102. The van der Waals surface area contributed by atoms with Crippen LogP contribution in [0, 0.1) is 6.92 Å². The molecule has 0 saturated heterocycles. The summed E-state index contributed by atoms with van der Waals surface area (Å²) in [6, 6.07) is 0.102. The van der Waals surface area contributed by atoms with E-state index in [1.807, 2.05) is 20.8 Å². The Labute approximate surface area is 66.2 Å². The molecular formula is C7H14N4. The number of hydrogen-bond donors (Lipinski definition) is 2. The number of rotatable bonds is 2. The number of nitrogens with zero attached hydrogens (tertiary/aromatic N) is 2. The molecule has 0 radical (unpaired) electrons. The van der Waals surface area contributed by atoms with E-state index in [0.717, 1.165) is 11.6 Å². The Hall–Kier alpha value is -0.900. The van der Waals surface area contributed by atoms with Crippen molar-refractivity contribution in [3.05, 3.63) is 11.6 Å². The van der Waals surface area contributed by atoms with Crippen molar-refractivity contribution in [3.8, 4) is 0 Å². The Morgan fingerprint density at radius 3 is 2.45 bits per heavy atom. The molecule has 1 rings (SSSR count). The van der Waals surface area contributed by atoms with Crippen molar-refractivity contribution in [1.29, 1.82) is 0 Å². The molecule has 0 spiro atoms. The summed E-state index contributed by atoms with van der Waals surface area (Å²) < 4.78 is 0. The van der Waals surface area contributed by atoms with Crippen molar-refractivity contribution in [2.75, 3.05) is 0 Å². The van der Waals surface area contributed by atoms with Gasteiger partial charge in [-0.15, -0.1) is 0 Å². The van der Waals surface area contributed by atoms with Crippen LogP contribution in [0.1, 0.15) is 31.4 Å². The van der Waals surface area contributed by atoms with Crippen molar-refractivity contribution in [2.45, 2.75) is 32.7 Å². The molecule has 2 atom stereocenters. The van der Waals surface area contributed by atoms with Crippen LogP contribution in [0.15, 0.2) is 0 Å². The fraction of sp³-hybridized carbons (Fsp3) is 0.714. The zero-order valence-electron chi connectivity index (χ0n) is 7.13. The Balaban J connectivity index is 2.76. The largest absolute Gasteiger partial charge is 0.327 e. The first-order valence-corrected chi connectivity index (χ1v) is 3.75. The molecule has 2 unspecified atom stereocenters. The maximum absolute atomic E-state index is 5.68. The lowest BCUT2D eigenvalue weighted by molar-refractivity contribution is 0.583. The summed E-state index contributed by atoms with van der Waals surface area (Å²) >= 11 is 0. The molecule has 3 N–H and O–H groups in total. The van der Waals surface area contributed by atoms with Gasteiger partial charge in [-0.05, 0) is 13.8 Å². The Bertz CT molecular complexity index is 228. The molecular weight excluding hydrogens is 140 g/mol. The minimum Gasteiger partial charge on any atom is -0.327 e. The van der Waals surface area contributed by atoms with Gasteiger partial charge in [0.2, 0.25) is 0 Å². The molecule has 0 fully saturated rings. The number of hydrogen-bond acceptors (Lipinski definition) is 3. The van der Waals surface area contributed by atoms with Gasteiger partial charge in [-0.2, -0.15) is 5.10 Å². The van der Waals surface area contributed by atoms with Crippen LogP contribution in [0.25, 0.3) is 0 Å². The van der Waals surface area contributed by atoms with Crippen LogP contribution in [-0.2, 0) is 0 Å². The fourth-order valence-electron chi connectivity index (χ4n) is 0.799. The molecule has 0 aliphatic rings. The van der Waals surface area contributed by atoms with Crippen molar-refractivity contribution in [1.82, 2.24) is 15.2 Å². The predicted octanol–water partition coefficient (Wildman–Crippen LogP) is 0.564. The van der Waals surface area contributed by atoms with Crippen LogP contribution in [-0.4, -0.2) is 21.2 Å². The Kier molecular flexibility index (Phi) is 2.24. The van der Waals surface area contributed by atoms with Crippen molar-refractivity contribution >= 4 is 0 Å². The highest BCUT2D eigenvalue weighted by molar-refractivity contribution is 4.97. The number of nitrogens with two attached hydrogens (primary N) is 1. The van der Waals surface area contributed by atoms with Crippen LogP contribution in [0.5, 0.6) is 0 Å². The molecule has 4 nitrogen and oxygen atoms in total. The third-order valence-electron chi connectivity index (χ3n) is 1.81. The predicted molar refractivity (Wildman–Crippen MR) is 43.2 cm³/mol. The standard InChI is InChI=1S/C7H14N4/c1-4(5(2)8)7-9-6(3)10-11-7/h4-5H,8H2,1-3H3,(H,9,10,11). The van der Waals surface area contributed by atoms with Gasteiger partial charge in [0.1, 0.15) is 5.82 Å². The topological polar surface area (TPSA) is 67.6 Å². The maximum atomic E-state index is 5.68. The van der Waals surface area contributed by atoms with Gasteiger partial charge in [-0.25, -0.2) is 4.98 Å². The molecule has 4 heteroatoms. The molecule has 0 aliphatic heterocycles. The number of aryl methyl sites for hydroxylation is 1. The van der Waals surface area contributed by atoms with E-state index in [1.165, 1.54) is 0 Å². The van der Waals surface area contributed by atoms with E-state index in [-0.39, 0.29) is 12.0 Å². The van der Waals surface area contributed by atoms with Crippen molar-refractivity contribution < 1.29 is 0 Å². The lowest BCUT2D eigenvalue weighted by Crippen LogP contribution is -2.23. The lowest BCUT2D eigenvalue weighted by Gasteiger charge is -2.10. The van der Waals surface area contributed by atoms with Gasteiger partial charge in [-0.3, -0.25) is 5.10 Å². The van der Waals surface area contributed by atoms with E-state index in [4.69, 9.17) is 5.73 Å². The zero-order valence-corrected chi connectivity index (χ0v) is 7.13. The second-order valence-electron chi connectivity index (χ2n) is 2.93. The summed E-state index contributed by atoms with van der Waals surface area (Å²) in [5.41, 5.74) is 5.68. The monoisotopic (exact) mass is 154 g/mol. The van der Waals surface area contributed by atoms with Crippen molar-refractivity contribution in [3.63, 3.8) is 0 Å². The zero-order chi connectivity index (χ0) is 8.43. The average Bonchev–Trinajstić information content (AvgIpc) is 2.34. The number of H-pyrrole nitrogens is 1. The molecule has 0 saturated carbocycles. The third kappa shape index (κ3) is 1.77. The van der Waals surface area contributed by atoms with E-state index in [2.05, 4.69) is 15.2 Å². The Morgan fingerprint density at radius 1 is 1.45 bits per heavy atom. The second-order valence-corrected chi connectivity index (χ2v) is 2.93. The highest BCUT2D eigenvalue weighted by Gasteiger charge is 2.13. The van der Waals surface area contributed by atoms with Crippen LogP contribution in [0.4, 0.5) is 0 Å². The first-order valence-electron chi connectivity index (χ1n) is 3.75. The fourth-order valence-corrected chi connectivity index (χ4v) is 0.799. The van der Waals surface area contributed by atoms with Gasteiger partial charge < -0.3 is 5.73 Å². The van der Waals surface area contributed by atoms with Gasteiger partial charge in [0.15, 0.2) is 5.82 Å². The van der Waals surface area contributed by atoms with Crippen LogP contribution >= 0.6 is 0 Å². The van der Waals surface area contributed by atoms with E-state index >= 15 is 0 Å². The van der Waals surface area contributed by atoms with Gasteiger partial charge in [-0.1, -0.05) is 6.92 Å². The molecule has 1 heterocycles. The molecule has 0 amide bonds. The smallest absolute Gasteiger partial charge is 0.155 e. The summed E-state index contributed by atoms with van der Waals surface area (Å²) in [6.45, 7) is 5.86. The molecule has 11 heavy (non-hydrogen) atoms. The summed E-state index contributed by atoms with van der Waals surface area (Å²) in [5, 5.41) is 6.81. The molecule has 1 aromatic heterocycles. The maximum Gasteiger partial charge on any atom is 0.155 e. The van der Waals surface area contributed by atoms with Gasteiger partial charge in [0.05, 0.1) is 0 Å². The highest BCUT2D eigenvalue weighted by Crippen LogP contribution is 2.12. The van der Waals surface area contributed by atoms with Crippen LogP contribution in [0.3, 0.4) is 0 Å². The van der Waals surface area contributed by atoms with Gasteiger partial charge in [0.25, 0.3) is 0 Å². The van der Waals surface area contributed by atoms with E-state index in [1.54, 1.807) is 0 Å². The minimum atomic E-state index is 0.102. The number of aromatic amines is 1. The number of nitrogens with one attached hydrogen (secondary N) is 1. The first-order chi connectivity index (χ1) is 5.11. The van der Waals surface area contributed by atoms with Crippen molar-refractivity contribution in [2.24, 2.45) is 5.73 Å². The third-order valence-corrected chi connectivity index (χ3v) is 1.81. The lowest BCUT2D eigenvalue weighted by atomic mass is 10.0. The quantitative estimate of drug-likeness (QED) is 0.654. The average molecular weight is 154 g/mol. The van der Waals surface area contributed by atoms with Gasteiger partial charge in [0, 0.05) is 12.0 Å². The summed E-state index contributed by atoms with van der Waals surface area (Å²) in [7, 11) is 0. The summed E-state index contributed by atoms with van der Waals surface area (Å²) in [4.78, 5) is 4.19. The normalized spacial score (nSPS) is 16.4. The molecule has 1 aromatic rings. The Morgan fingerprint density at radius 2 is 2.09 bits per heavy atom. The summed E-state index contributed by atoms with van der Waals surface area (Å²) in [5.74, 6) is 1.87. The molecule has 0 bridgehead atoms. The van der Waals surface area contributed by atoms with Gasteiger partial charge >= 0.3 is 0 Å². The molecule has 62 valence electrons. The van der Waals surface area contributed by atoms with E-state index in [0.29, 0.717) is 0 Å². The van der Waals surface area contributed by atoms with E-state index in [9.17, 15) is 0 Å². The molecule has 0 aromatic carbocycles. The SMILES string of the molecule is Cc1nc(C(C)C(C)N)n[nH]1. The highest BCUT2D eigenvalue weighted by atomic mass is 15.2. The van der Waals surface area contributed by atoms with E-state index < -0.39 is 0 Å². The summed E-state index contributed by atoms with van der Waals surface area (Å²) in [6.07, 6.45) is 0. The number of aromatic nitrogens is 3. The van der Waals surface area contributed by atoms with Crippen LogP contribution in [0.2, 0.25) is 0 Å². The first kappa shape index (κ1) is 8.20. The second kappa shape index (κ2) is 3.00.